The maximum Gasteiger partial charge on any atom is 0.571 e. The molecule has 0 aromatic rings. The third-order valence-corrected chi connectivity index (χ3v) is 1.66. The summed E-state index contributed by atoms with van der Waals surface area (Å²) in [5, 5.41) is 0. The van der Waals surface area contributed by atoms with Gasteiger partial charge in [0.2, 0.25) is 0 Å². The van der Waals surface area contributed by atoms with Gasteiger partial charge in [-0.15, -0.1) is 0 Å². The predicted molar refractivity (Wildman–Crippen MR) is 54.8 cm³/mol. The van der Waals surface area contributed by atoms with Crippen molar-refractivity contribution in [1.82, 2.24) is 4.92 Å². The Labute approximate surface area is 81.5 Å². The first-order chi connectivity index (χ1) is 6.26. The van der Waals surface area contributed by atoms with E-state index in [4.69, 9.17) is 15.2 Å². The highest BCUT2D eigenvalue weighted by Crippen LogP contribution is 1.97. The highest BCUT2D eigenvalue weighted by atomic mass is 16.6. The molecule has 0 aliphatic heterocycles. The second-order valence-corrected chi connectivity index (χ2v) is 2.81. The lowest BCUT2D eigenvalue weighted by atomic mass is 10.1. The molecule has 0 rings (SSSR count). The van der Waals surface area contributed by atoms with Gasteiger partial charge in [0, 0.05) is 19.8 Å². The van der Waals surface area contributed by atoms with Crippen LogP contribution in [0.3, 0.4) is 0 Å². The summed E-state index contributed by atoms with van der Waals surface area (Å²) in [6.45, 7) is 8.03. The number of hydrogen-bond acceptors (Lipinski definition) is 4. The van der Waals surface area contributed by atoms with Crippen LogP contribution in [0.1, 0.15) is 33.6 Å². The van der Waals surface area contributed by atoms with E-state index in [1.54, 1.807) is 4.92 Å². The molecule has 2 N–H and O–H groups in total. The van der Waals surface area contributed by atoms with Crippen molar-refractivity contribution in [3.05, 3.63) is 0 Å². The van der Waals surface area contributed by atoms with Crippen molar-refractivity contribution in [2.75, 3.05) is 19.8 Å². The topological polar surface area (TPSA) is 47.7 Å². The Balaban J connectivity index is 3.72. The molecule has 0 atom stereocenters. The molecule has 13 heavy (non-hydrogen) atoms. The van der Waals surface area contributed by atoms with Crippen molar-refractivity contribution in [2.45, 2.75) is 33.6 Å². The highest BCUT2D eigenvalue weighted by molar-refractivity contribution is 6.40. The second kappa shape index (κ2) is 8.50. The van der Waals surface area contributed by atoms with Crippen molar-refractivity contribution in [3.8, 4) is 0 Å². The molecule has 0 saturated heterocycles. The zero-order valence-corrected chi connectivity index (χ0v) is 8.95. The van der Waals surface area contributed by atoms with E-state index in [0.29, 0.717) is 13.2 Å². The smallest absolute Gasteiger partial charge is 0.397 e. The van der Waals surface area contributed by atoms with Crippen molar-refractivity contribution < 1.29 is 9.31 Å². The lowest BCUT2D eigenvalue weighted by Gasteiger charge is -2.21. The van der Waals surface area contributed by atoms with Crippen molar-refractivity contribution in [1.29, 1.82) is 0 Å². The number of nitrogens with two attached hydrogens (primary N) is 1. The van der Waals surface area contributed by atoms with Gasteiger partial charge in [-0.05, 0) is 20.3 Å². The quantitative estimate of drug-likeness (QED) is 0.351. The Morgan fingerprint density at radius 3 is 2.08 bits per heavy atom. The molecule has 4 nitrogen and oxygen atoms in total. The van der Waals surface area contributed by atoms with Crippen LogP contribution in [0.15, 0.2) is 0 Å². The summed E-state index contributed by atoms with van der Waals surface area (Å²) >= 11 is 0. The Morgan fingerprint density at radius 1 is 1.15 bits per heavy atom. The van der Waals surface area contributed by atoms with E-state index in [2.05, 4.69) is 6.92 Å². The fourth-order valence-corrected chi connectivity index (χ4v) is 0.971. The second-order valence-electron chi connectivity index (χ2n) is 2.81. The van der Waals surface area contributed by atoms with Gasteiger partial charge in [0.1, 0.15) is 0 Å². The van der Waals surface area contributed by atoms with E-state index < -0.39 is 0 Å². The first kappa shape index (κ1) is 12.9. The van der Waals surface area contributed by atoms with Gasteiger partial charge in [-0.2, -0.15) is 0 Å². The number of unbranched alkanes of at least 4 members (excludes halogenated alkanes) is 1. The van der Waals surface area contributed by atoms with E-state index in [1.165, 1.54) is 0 Å². The summed E-state index contributed by atoms with van der Waals surface area (Å²) < 4.78 is 10.6. The van der Waals surface area contributed by atoms with Crippen LogP contribution in [0.2, 0.25) is 0 Å². The van der Waals surface area contributed by atoms with Crippen LogP contribution in [0, 0.1) is 0 Å². The summed E-state index contributed by atoms with van der Waals surface area (Å²) in [4.78, 5) is 1.61. The van der Waals surface area contributed by atoms with Gasteiger partial charge in [-0.1, -0.05) is 13.3 Å². The maximum atomic E-state index is 5.76. The molecular formula is C8H21BN2O2. The normalized spacial score (nSPS) is 10.8. The van der Waals surface area contributed by atoms with Gasteiger partial charge >= 0.3 is 7.25 Å². The van der Waals surface area contributed by atoms with Gasteiger partial charge in [0.15, 0.2) is 0 Å². The van der Waals surface area contributed by atoms with Gasteiger partial charge in [0.05, 0.1) is 0 Å². The summed E-state index contributed by atoms with van der Waals surface area (Å²) in [5.41, 5.74) is 0. The number of hydrogen-bond donors (Lipinski definition) is 1. The molecule has 0 saturated carbocycles. The molecule has 0 bridgehead atoms. The maximum absolute atomic E-state index is 5.76. The van der Waals surface area contributed by atoms with E-state index >= 15 is 0 Å². The SMILES string of the molecule is CCCCN(N)B(OCC)OCC. The Bertz CT molecular complexity index is 110. The van der Waals surface area contributed by atoms with Gasteiger partial charge in [0.25, 0.3) is 0 Å². The van der Waals surface area contributed by atoms with Gasteiger partial charge in [-0.3, -0.25) is 5.84 Å². The zero-order chi connectivity index (χ0) is 10.1. The van der Waals surface area contributed by atoms with Gasteiger partial charge < -0.3 is 9.31 Å². The third kappa shape index (κ3) is 6.04. The van der Waals surface area contributed by atoms with Crippen molar-refractivity contribution in [3.63, 3.8) is 0 Å². The average Bonchev–Trinajstić information content (AvgIpc) is 2.14. The molecule has 0 heterocycles. The Hall–Kier alpha value is -0.0951. The van der Waals surface area contributed by atoms with Crippen LogP contribution in [-0.2, 0) is 9.31 Å². The van der Waals surface area contributed by atoms with E-state index in [9.17, 15) is 0 Å². The Morgan fingerprint density at radius 2 is 1.69 bits per heavy atom. The molecule has 0 aliphatic rings. The molecule has 5 heteroatoms. The standard InChI is InChI=1S/C8H21BN2O2/c1-4-7-8-11(10)9(12-5-2)13-6-3/h4-8,10H2,1-3H3. The average molecular weight is 188 g/mol. The molecule has 0 aliphatic carbocycles. The Kier molecular flexibility index (Phi) is 8.44. The van der Waals surface area contributed by atoms with E-state index in [-0.39, 0.29) is 7.25 Å². The largest absolute Gasteiger partial charge is 0.571 e. The van der Waals surface area contributed by atoms with E-state index in [1.807, 2.05) is 13.8 Å². The monoisotopic (exact) mass is 188 g/mol. The molecule has 0 unspecified atom stereocenters. The van der Waals surface area contributed by atoms with Crippen LogP contribution >= 0.6 is 0 Å². The minimum atomic E-state index is -0.387. The molecule has 0 radical (unpaired) electrons. The van der Waals surface area contributed by atoms with Crippen LogP contribution in [0.5, 0.6) is 0 Å². The fraction of sp³-hybridized carbons (Fsp3) is 1.00. The molecule has 78 valence electrons. The van der Waals surface area contributed by atoms with Crippen LogP contribution < -0.4 is 5.84 Å². The van der Waals surface area contributed by atoms with Crippen molar-refractivity contribution >= 4 is 7.25 Å². The minimum absolute atomic E-state index is 0.387. The molecular weight excluding hydrogens is 167 g/mol. The van der Waals surface area contributed by atoms with Crippen molar-refractivity contribution in [2.24, 2.45) is 5.84 Å². The predicted octanol–water partition coefficient (Wildman–Crippen LogP) is 1.02. The first-order valence-electron chi connectivity index (χ1n) is 5.00. The fourth-order valence-electron chi connectivity index (χ4n) is 0.971. The number of rotatable bonds is 8. The molecule has 0 aromatic carbocycles. The molecule has 0 amide bonds. The summed E-state index contributed by atoms with van der Waals surface area (Å²) in [6.07, 6.45) is 2.19. The molecule has 0 fully saturated rings. The lowest BCUT2D eigenvalue weighted by Crippen LogP contribution is -2.49. The first-order valence-corrected chi connectivity index (χ1v) is 5.00. The summed E-state index contributed by atoms with van der Waals surface area (Å²) in [5.74, 6) is 5.76. The highest BCUT2D eigenvalue weighted by Gasteiger charge is 2.24. The molecule has 0 spiro atoms. The van der Waals surface area contributed by atoms with E-state index in [0.717, 1.165) is 19.4 Å². The van der Waals surface area contributed by atoms with Gasteiger partial charge in [-0.25, -0.2) is 4.92 Å². The number of hydrazine groups is 1. The minimum Gasteiger partial charge on any atom is -0.397 e. The van der Waals surface area contributed by atoms with Crippen LogP contribution in [0.25, 0.3) is 0 Å². The summed E-state index contributed by atoms with van der Waals surface area (Å²) in [6, 6.07) is 0. The summed E-state index contributed by atoms with van der Waals surface area (Å²) in [7, 11) is -0.387. The van der Waals surface area contributed by atoms with Crippen LogP contribution in [0.4, 0.5) is 0 Å². The number of nitrogens with zero attached hydrogens (tertiary/aromatic N) is 1. The van der Waals surface area contributed by atoms with Crippen LogP contribution in [-0.4, -0.2) is 31.9 Å². The lowest BCUT2D eigenvalue weighted by molar-refractivity contribution is 0.153. The zero-order valence-electron chi connectivity index (χ0n) is 8.95. The third-order valence-electron chi connectivity index (χ3n) is 1.66. The molecule has 0 aromatic heterocycles.